The van der Waals surface area contributed by atoms with Gasteiger partial charge in [0.2, 0.25) is 0 Å². The van der Waals surface area contributed by atoms with Crippen molar-refractivity contribution in [3.63, 3.8) is 0 Å². The Morgan fingerprint density at radius 2 is 1.64 bits per heavy atom. The summed E-state index contributed by atoms with van der Waals surface area (Å²) in [4.78, 5) is 10.2. The van der Waals surface area contributed by atoms with E-state index in [0.29, 0.717) is 0 Å². The number of hydrogen-bond donors (Lipinski definition) is 0. The summed E-state index contributed by atoms with van der Waals surface area (Å²) in [6.07, 6.45) is 0. The van der Waals surface area contributed by atoms with E-state index < -0.39 is 10.5 Å². The zero-order valence-corrected chi connectivity index (χ0v) is 9.72. The zero-order valence-electron chi connectivity index (χ0n) is 4.24. The summed E-state index contributed by atoms with van der Waals surface area (Å²) >= 11 is 19.2. The van der Waals surface area contributed by atoms with Gasteiger partial charge in [0.05, 0.1) is 11.9 Å². The number of rotatable bonds is 2. The van der Waals surface area contributed by atoms with Crippen LogP contribution < -0.4 is 0 Å². The van der Waals surface area contributed by atoms with Crippen LogP contribution in [-0.2, 0) is 39.6 Å². The first-order valence-electron chi connectivity index (χ1n) is 1.55. The van der Waals surface area contributed by atoms with E-state index in [2.05, 4.69) is 32.3 Å². The first-order chi connectivity index (χ1) is 4.04. The number of carbonyl (C=O) groups excluding carboxylic acids is 1. The van der Waals surface area contributed by atoms with Gasteiger partial charge < -0.3 is 4.29 Å². The van der Waals surface area contributed by atoms with Crippen molar-refractivity contribution in [1.82, 2.24) is 0 Å². The Bertz CT molecular complexity index is 122. The Morgan fingerprint density at radius 1 is 1.27 bits per heavy atom. The minimum absolute atomic E-state index is 0. The molecule has 0 aromatic rings. The maximum Gasteiger partial charge on any atom is 0.390 e. The molecule has 0 aliphatic heterocycles. The number of halogens is 4. The fourth-order valence-electron chi connectivity index (χ4n) is 0.0764. The Labute approximate surface area is 113 Å². The van der Waals surface area contributed by atoms with E-state index in [4.69, 9.17) is 23.2 Å². The first kappa shape index (κ1) is 18.7. The Morgan fingerprint density at radius 3 is 1.73 bits per heavy atom. The van der Waals surface area contributed by atoms with Gasteiger partial charge in [0.25, 0.3) is 0 Å². The molecule has 0 aromatic carbocycles. The molecule has 11 heavy (non-hydrogen) atoms. The number of alkyl halides is 2. The second kappa shape index (κ2) is 8.60. The molecular formula is C2H3AlCl4O3Zr. The minimum Gasteiger partial charge on any atom is -0.343 e. The zero-order chi connectivity index (χ0) is 7.49. The standard InChI is InChI=1S/C2Cl4O3.Al.Zr.3H/c3-2(4,9-6)1(7)8-5;;;;;. The predicted octanol–water partition coefficient (Wildman–Crippen LogP) is 0.799. The summed E-state index contributed by atoms with van der Waals surface area (Å²) in [6.45, 7) is 0. The third-order valence-electron chi connectivity index (χ3n) is 0.405. The molecule has 0 heterocycles. The molecule has 3 nitrogen and oxygen atoms in total. The van der Waals surface area contributed by atoms with Gasteiger partial charge in [-0.25, -0.2) is 9.08 Å². The molecule has 0 saturated carbocycles. The van der Waals surface area contributed by atoms with Gasteiger partial charge in [0.15, 0.2) is 17.4 Å². The average Bonchev–Trinajstić information content (AvgIpc) is 1.86. The fourth-order valence-corrected chi connectivity index (χ4v) is 0.404. The molecule has 0 saturated heterocycles. The molecule has 0 aromatic heterocycles. The fraction of sp³-hybridized carbons (Fsp3) is 0.500. The van der Waals surface area contributed by atoms with E-state index in [9.17, 15) is 4.79 Å². The van der Waals surface area contributed by atoms with Gasteiger partial charge >= 0.3 is 10.5 Å². The largest absolute Gasteiger partial charge is 0.390 e. The van der Waals surface area contributed by atoms with E-state index >= 15 is 0 Å². The van der Waals surface area contributed by atoms with Gasteiger partial charge in [0.1, 0.15) is 11.9 Å². The van der Waals surface area contributed by atoms with Gasteiger partial charge in [-0.15, -0.1) is 0 Å². The summed E-state index contributed by atoms with van der Waals surface area (Å²) in [5.74, 6) is -1.19. The van der Waals surface area contributed by atoms with E-state index in [0.717, 1.165) is 0 Å². The van der Waals surface area contributed by atoms with Crippen LogP contribution in [-0.4, -0.2) is 27.8 Å². The Balaban J connectivity index is -0.000000320. The van der Waals surface area contributed by atoms with Crippen LogP contribution in [0.4, 0.5) is 0 Å². The van der Waals surface area contributed by atoms with Crippen LogP contribution in [0.15, 0.2) is 0 Å². The molecule has 0 amide bonds. The van der Waals surface area contributed by atoms with Crippen molar-refractivity contribution in [2.45, 2.75) is 4.52 Å². The van der Waals surface area contributed by atoms with Crippen LogP contribution in [0, 0.1) is 0 Å². The average molecular weight is 335 g/mol. The molecule has 0 unspecified atom stereocenters. The van der Waals surface area contributed by atoms with E-state index in [-0.39, 0.29) is 43.6 Å². The van der Waals surface area contributed by atoms with Gasteiger partial charge in [0, 0.05) is 26.2 Å². The monoisotopic (exact) mass is 332 g/mol. The van der Waals surface area contributed by atoms with Crippen molar-refractivity contribution >= 4 is 70.3 Å². The minimum atomic E-state index is -2.23. The third kappa shape index (κ3) is 7.11. The van der Waals surface area contributed by atoms with Crippen LogP contribution >= 0.6 is 46.9 Å². The first-order valence-corrected chi connectivity index (χ1v) is 2.92. The van der Waals surface area contributed by atoms with E-state index in [1.54, 1.807) is 0 Å². The summed E-state index contributed by atoms with van der Waals surface area (Å²) < 4.78 is 5.07. The smallest absolute Gasteiger partial charge is 0.343 e. The van der Waals surface area contributed by atoms with Crippen molar-refractivity contribution in [2.75, 3.05) is 0 Å². The van der Waals surface area contributed by atoms with Crippen molar-refractivity contribution in [3.05, 3.63) is 0 Å². The van der Waals surface area contributed by atoms with Gasteiger partial charge in [-0.2, -0.15) is 0 Å². The third-order valence-corrected chi connectivity index (χ3v) is 1.40. The van der Waals surface area contributed by atoms with Crippen LogP contribution in [0.5, 0.6) is 0 Å². The van der Waals surface area contributed by atoms with Crippen molar-refractivity contribution in [3.8, 4) is 0 Å². The van der Waals surface area contributed by atoms with E-state index in [1.807, 2.05) is 0 Å². The predicted molar refractivity (Wildman–Crippen MR) is 43.3 cm³/mol. The molecule has 0 N–H and O–H groups in total. The maximum absolute atomic E-state index is 10.2. The van der Waals surface area contributed by atoms with Crippen molar-refractivity contribution in [2.24, 2.45) is 0 Å². The SMILES string of the molecule is O=C(OCl)C(Cl)(Cl)OCl.[AlH3].[Zr]. The summed E-state index contributed by atoms with van der Waals surface area (Å²) in [6, 6.07) is 0. The van der Waals surface area contributed by atoms with Crippen LogP contribution in [0.25, 0.3) is 0 Å². The summed E-state index contributed by atoms with van der Waals surface area (Å²) in [5.41, 5.74) is 0. The summed E-state index contributed by atoms with van der Waals surface area (Å²) in [7, 11) is 0. The summed E-state index contributed by atoms with van der Waals surface area (Å²) in [5, 5.41) is 0. The second-order valence-corrected chi connectivity index (χ2v) is 2.53. The van der Waals surface area contributed by atoms with Gasteiger partial charge in [-0.05, 0) is 0 Å². The van der Waals surface area contributed by atoms with Crippen molar-refractivity contribution < 1.29 is 39.6 Å². The molecule has 0 radical (unpaired) electrons. The molecule has 9 heteroatoms. The maximum atomic E-state index is 10.2. The Kier molecular flexibility index (Phi) is 14.6. The van der Waals surface area contributed by atoms with Gasteiger partial charge in [-0.1, -0.05) is 23.2 Å². The molecule has 0 aliphatic carbocycles. The topological polar surface area (TPSA) is 35.5 Å². The Hall–Kier alpha value is 2.01. The number of carbonyl (C=O) groups is 1. The molecule has 0 aliphatic rings. The normalized spacial score (nSPS) is 9.09. The second-order valence-electron chi connectivity index (χ2n) is 0.959. The molecule has 0 atom stereocenters. The van der Waals surface area contributed by atoms with Gasteiger partial charge in [-0.3, -0.25) is 0 Å². The van der Waals surface area contributed by atoms with Crippen LogP contribution in [0.3, 0.4) is 0 Å². The van der Waals surface area contributed by atoms with Crippen molar-refractivity contribution in [1.29, 1.82) is 0 Å². The molecular weight excluding hydrogens is 332 g/mol. The quantitative estimate of drug-likeness (QED) is 0.553. The molecule has 0 fully saturated rings. The molecule has 64 valence electrons. The van der Waals surface area contributed by atoms with Crippen LogP contribution in [0.1, 0.15) is 0 Å². The number of hydrogen-bond acceptors (Lipinski definition) is 3. The van der Waals surface area contributed by atoms with E-state index in [1.165, 1.54) is 0 Å². The van der Waals surface area contributed by atoms with Crippen LogP contribution in [0.2, 0.25) is 0 Å². The molecule has 0 rings (SSSR count). The molecule has 0 bridgehead atoms. The molecule has 0 spiro atoms.